The summed E-state index contributed by atoms with van der Waals surface area (Å²) < 4.78 is 61.9. The molecule has 0 saturated carbocycles. The summed E-state index contributed by atoms with van der Waals surface area (Å²) in [6.45, 7) is -2.98. The van der Waals surface area contributed by atoms with Crippen LogP contribution in [0.5, 0.6) is 0 Å². The minimum atomic E-state index is -3.29. The molecule has 1 aliphatic rings. The maximum atomic E-state index is 7.92. The van der Waals surface area contributed by atoms with Crippen molar-refractivity contribution in [1.29, 1.82) is 0 Å². The summed E-state index contributed by atoms with van der Waals surface area (Å²) >= 11 is 2.45. The third kappa shape index (κ3) is 2.86. The zero-order valence-electron chi connectivity index (χ0n) is 16.4. The van der Waals surface area contributed by atoms with Crippen LogP contribution in [0.15, 0.2) is 30.3 Å². The van der Waals surface area contributed by atoms with E-state index in [0.717, 1.165) is 10.6 Å². The predicted octanol–water partition coefficient (Wildman–Crippen LogP) is 3.63. The largest absolute Gasteiger partial charge is 0.273 e. The molecule has 0 aromatic heterocycles. The fourth-order valence-corrected chi connectivity index (χ4v) is 1.54. The van der Waals surface area contributed by atoms with Crippen molar-refractivity contribution in [2.45, 2.75) is 12.7 Å². The van der Waals surface area contributed by atoms with Crippen molar-refractivity contribution in [1.82, 2.24) is 0 Å². The van der Waals surface area contributed by atoms with Crippen LogP contribution in [0.4, 0.5) is 5.69 Å². The molecule has 1 aliphatic heterocycles. The Kier molecular flexibility index (Phi) is 1.98. The molecule has 0 fully saturated rings. The second kappa shape index (κ2) is 6.06. The number of halogens is 1. The van der Waals surface area contributed by atoms with Gasteiger partial charge in [0.2, 0.25) is 0 Å². The van der Waals surface area contributed by atoms with Gasteiger partial charge >= 0.3 is 0 Å². The lowest BCUT2D eigenvalue weighted by Gasteiger charge is -2.26. The SMILES string of the molecule is [2H]C([2H])(Br)C([2H])([2H])C([2H])([2H])C([2H])([2H])ON1CC=Cc2ccccc21. The Morgan fingerprint density at radius 1 is 1.38 bits per heavy atom. The van der Waals surface area contributed by atoms with Crippen LogP contribution in [0.1, 0.15) is 29.3 Å². The van der Waals surface area contributed by atoms with Gasteiger partial charge in [-0.1, -0.05) is 46.3 Å². The lowest BCUT2D eigenvalue weighted by molar-refractivity contribution is 0.111. The first kappa shape index (κ1) is 5.23. The van der Waals surface area contributed by atoms with Gasteiger partial charge in [0.15, 0.2) is 0 Å². The topological polar surface area (TPSA) is 12.5 Å². The number of hydrogen-bond acceptors (Lipinski definition) is 2. The Morgan fingerprint density at radius 2 is 2.25 bits per heavy atom. The number of nitrogens with zero attached hydrogens (tertiary/aromatic N) is 1. The molecule has 0 amide bonds. The quantitative estimate of drug-likeness (QED) is 0.768. The molecular formula is C13H16BrNO. The third-order valence-electron chi connectivity index (χ3n) is 2.09. The first-order valence-electron chi connectivity index (χ1n) is 8.72. The van der Waals surface area contributed by atoms with Gasteiger partial charge in [0.05, 0.1) is 21.5 Å². The highest BCUT2D eigenvalue weighted by Crippen LogP contribution is 2.25. The number of anilines is 1. The number of hydrogen-bond donors (Lipinski definition) is 0. The number of rotatable bonds is 5. The van der Waals surface area contributed by atoms with E-state index in [1.165, 1.54) is 0 Å². The molecule has 86 valence electrons. The number of alkyl halides is 1. The first-order valence-corrected chi connectivity index (χ1v) is 5.52. The van der Waals surface area contributed by atoms with Gasteiger partial charge in [0, 0.05) is 13.5 Å². The van der Waals surface area contributed by atoms with E-state index in [4.69, 9.17) is 15.8 Å². The predicted molar refractivity (Wildman–Crippen MR) is 71.8 cm³/mol. The molecule has 3 heteroatoms. The fraction of sp³-hybridized carbons (Fsp3) is 0.385. The van der Waals surface area contributed by atoms with Gasteiger partial charge in [-0.3, -0.25) is 4.84 Å². The first-order chi connectivity index (χ1) is 10.8. The highest BCUT2D eigenvalue weighted by molar-refractivity contribution is 9.09. The molecular weight excluding hydrogens is 266 g/mol. The number of para-hydroxylation sites is 1. The van der Waals surface area contributed by atoms with Crippen molar-refractivity contribution in [3.8, 4) is 0 Å². The van der Waals surface area contributed by atoms with Crippen LogP contribution in [0.25, 0.3) is 6.08 Å². The summed E-state index contributed by atoms with van der Waals surface area (Å²) in [6.07, 6.45) is -2.97. The smallest absolute Gasteiger partial charge is 0.0749 e. The Balaban J connectivity index is 2.33. The van der Waals surface area contributed by atoms with Gasteiger partial charge in [-0.25, -0.2) is 5.06 Å². The monoisotopic (exact) mass is 289 g/mol. The van der Waals surface area contributed by atoms with E-state index < -0.39 is 24.6 Å². The van der Waals surface area contributed by atoms with Crippen LogP contribution in [0.3, 0.4) is 0 Å². The van der Waals surface area contributed by atoms with Crippen molar-refractivity contribution >= 4 is 27.7 Å². The van der Waals surface area contributed by atoms with Crippen LogP contribution in [-0.2, 0) is 4.84 Å². The van der Waals surface area contributed by atoms with Crippen LogP contribution < -0.4 is 5.06 Å². The standard InChI is InChI=1S/C13H16BrNO/c14-9-3-4-11-16-15-10-5-7-12-6-1-2-8-13(12)15/h1-2,5-8H,3-4,9-11H2/i3D2,4D2,9D2,11D2. The average Bonchev–Trinajstić information content (AvgIpc) is 2.45. The molecule has 0 N–H and O–H groups in total. The molecule has 2 nitrogen and oxygen atoms in total. The number of fused-ring (bicyclic) bond motifs is 1. The molecule has 2 rings (SSSR count). The minimum Gasteiger partial charge on any atom is -0.273 e. The van der Waals surface area contributed by atoms with E-state index in [-0.39, 0.29) is 6.54 Å². The maximum Gasteiger partial charge on any atom is 0.0749 e. The van der Waals surface area contributed by atoms with E-state index in [1.54, 1.807) is 30.3 Å². The van der Waals surface area contributed by atoms with Crippen LogP contribution >= 0.6 is 15.9 Å². The Labute approximate surface area is 116 Å². The zero-order valence-corrected chi connectivity index (χ0v) is 9.99. The maximum absolute atomic E-state index is 7.92. The molecule has 1 heterocycles. The summed E-state index contributed by atoms with van der Waals surface area (Å²) in [5, 5.41) is -1.66. The van der Waals surface area contributed by atoms with Crippen molar-refractivity contribution in [2.24, 2.45) is 0 Å². The molecule has 16 heavy (non-hydrogen) atoms. The van der Waals surface area contributed by atoms with Gasteiger partial charge in [-0.15, -0.1) is 0 Å². The normalized spacial score (nSPS) is 24.9. The Bertz CT molecular complexity index is 643. The molecule has 0 bridgehead atoms. The summed E-state index contributed by atoms with van der Waals surface area (Å²) in [4.78, 5) is 5.16. The molecule has 1 aromatic carbocycles. The number of hydroxylamine groups is 1. The zero-order chi connectivity index (χ0) is 18.4. The van der Waals surface area contributed by atoms with Crippen LogP contribution in [0.2, 0.25) is 0 Å². The lowest BCUT2D eigenvalue weighted by atomic mass is 10.1. The van der Waals surface area contributed by atoms with Crippen LogP contribution in [-0.4, -0.2) is 18.4 Å². The van der Waals surface area contributed by atoms with E-state index in [9.17, 15) is 0 Å². The van der Waals surface area contributed by atoms with Crippen LogP contribution in [0, 0.1) is 0 Å². The van der Waals surface area contributed by atoms with E-state index in [2.05, 4.69) is 15.9 Å². The minimum absolute atomic E-state index is 0.150. The summed E-state index contributed by atoms with van der Waals surface area (Å²) in [6, 6.07) is 6.96. The van der Waals surface area contributed by atoms with Crippen molar-refractivity contribution in [3.63, 3.8) is 0 Å². The average molecular weight is 290 g/mol. The fourth-order valence-electron chi connectivity index (χ4n) is 1.44. The molecule has 0 aliphatic carbocycles. The molecule has 0 radical (unpaired) electrons. The lowest BCUT2D eigenvalue weighted by Crippen LogP contribution is -2.26. The molecule has 0 saturated heterocycles. The van der Waals surface area contributed by atoms with Crippen molar-refractivity contribution < 1.29 is 15.8 Å². The second-order valence-electron chi connectivity index (χ2n) is 3.06. The van der Waals surface area contributed by atoms with Crippen molar-refractivity contribution in [3.05, 3.63) is 35.9 Å². The summed E-state index contributed by atoms with van der Waals surface area (Å²) in [5.74, 6) is 0. The molecule has 0 unspecified atom stereocenters. The Hall–Kier alpha value is -0.800. The summed E-state index contributed by atoms with van der Waals surface area (Å²) in [7, 11) is 0. The Morgan fingerprint density at radius 3 is 3.12 bits per heavy atom. The van der Waals surface area contributed by atoms with Gasteiger partial charge in [-0.05, 0) is 24.4 Å². The van der Waals surface area contributed by atoms with Gasteiger partial charge in [-0.2, -0.15) is 0 Å². The van der Waals surface area contributed by atoms with E-state index in [0.29, 0.717) is 5.69 Å². The van der Waals surface area contributed by atoms with Gasteiger partial charge in [0.1, 0.15) is 0 Å². The van der Waals surface area contributed by atoms with Gasteiger partial charge < -0.3 is 0 Å². The van der Waals surface area contributed by atoms with Crippen molar-refractivity contribution in [2.75, 3.05) is 23.4 Å². The highest BCUT2D eigenvalue weighted by atomic mass is 79.9. The highest BCUT2D eigenvalue weighted by Gasteiger charge is 2.12. The molecule has 0 spiro atoms. The second-order valence-corrected chi connectivity index (χ2v) is 3.46. The van der Waals surface area contributed by atoms with Gasteiger partial charge in [0.25, 0.3) is 0 Å². The third-order valence-corrected chi connectivity index (χ3v) is 2.29. The van der Waals surface area contributed by atoms with E-state index in [1.807, 2.05) is 6.08 Å². The molecule has 0 atom stereocenters. The molecule has 1 aromatic rings. The summed E-state index contributed by atoms with van der Waals surface area (Å²) in [5.41, 5.74) is 1.26. The number of benzene rings is 1. The van der Waals surface area contributed by atoms with E-state index >= 15 is 0 Å².